The number of methoxy groups -OCH3 is 1. The number of alkyl halides is 2. The molecule has 0 heterocycles. The smallest absolute Gasteiger partial charge is 0.338 e. The van der Waals surface area contributed by atoms with Crippen LogP contribution in [0.15, 0.2) is 36.4 Å². The maximum absolute atomic E-state index is 12.0. The van der Waals surface area contributed by atoms with E-state index in [2.05, 4.69) is 0 Å². The summed E-state index contributed by atoms with van der Waals surface area (Å²) in [5, 5.41) is -0.331. The van der Waals surface area contributed by atoms with Gasteiger partial charge in [-0.25, -0.2) is 4.79 Å². The zero-order valence-electron chi connectivity index (χ0n) is 11.1. The van der Waals surface area contributed by atoms with E-state index >= 15 is 0 Å². The molecule has 0 fully saturated rings. The highest BCUT2D eigenvalue weighted by Gasteiger charge is 2.34. The first-order chi connectivity index (χ1) is 10.0. The Morgan fingerprint density at radius 1 is 1.10 bits per heavy atom. The van der Waals surface area contributed by atoms with Crippen LogP contribution in [0.5, 0.6) is 0 Å². The third kappa shape index (κ3) is 2.32. The summed E-state index contributed by atoms with van der Waals surface area (Å²) in [5.41, 5.74) is 3.81. The number of halogens is 3. The van der Waals surface area contributed by atoms with Crippen LogP contribution < -0.4 is 0 Å². The number of carbonyl (C=O) groups excluding carboxylic acids is 1. The van der Waals surface area contributed by atoms with Crippen LogP contribution in [0, 0.1) is 0 Å². The minimum absolute atomic E-state index is 0.424. The molecule has 0 spiro atoms. The molecule has 21 heavy (non-hydrogen) atoms. The molecule has 2 atom stereocenters. The topological polar surface area (TPSA) is 26.3 Å². The van der Waals surface area contributed by atoms with Crippen molar-refractivity contribution in [3.05, 3.63) is 58.1 Å². The van der Waals surface area contributed by atoms with E-state index in [0.717, 1.165) is 16.7 Å². The fourth-order valence-electron chi connectivity index (χ4n) is 2.69. The van der Waals surface area contributed by atoms with Gasteiger partial charge in [0.2, 0.25) is 0 Å². The second-order valence-corrected chi connectivity index (χ2v) is 6.17. The lowest BCUT2D eigenvalue weighted by Crippen LogP contribution is -2.15. The molecule has 0 saturated carbocycles. The SMILES string of the molecule is COC(=O)c1cccc2c1[C@H](Cl)[C@H](Cl)c1ccc(Cl)cc1-2. The van der Waals surface area contributed by atoms with Gasteiger partial charge in [-0.3, -0.25) is 0 Å². The Labute approximate surface area is 137 Å². The van der Waals surface area contributed by atoms with Crippen LogP contribution in [0.4, 0.5) is 0 Å². The summed E-state index contributed by atoms with van der Waals surface area (Å²) in [4.78, 5) is 12.0. The second kappa shape index (κ2) is 5.53. The molecule has 0 N–H and O–H groups in total. The van der Waals surface area contributed by atoms with E-state index in [1.54, 1.807) is 18.2 Å². The molecule has 0 radical (unpaired) electrons. The van der Waals surface area contributed by atoms with E-state index in [4.69, 9.17) is 39.5 Å². The highest BCUT2D eigenvalue weighted by Crippen LogP contribution is 2.52. The number of fused-ring (bicyclic) bond motifs is 3. The fraction of sp³-hybridized carbons (Fsp3) is 0.188. The van der Waals surface area contributed by atoms with Crippen LogP contribution in [0.1, 0.15) is 32.2 Å². The highest BCUT2D eigenvalue weighted by molar-refractivity contribution is 6.33. The van der Waals surface area contributed by atoms with E-state index in [1.165, 1.54) is 7.11 Å². The number of hydrogen-bond donors (Lipinski definition) is 0. The Kier molecular flexibility index (Phi) is 3.87. The molecular weight excluding hydrogens is 331 g/mol. The average molecular weight is 342 g/mol. The van der Waals surface area contributed by atoms with Crippen molar-refractivity contribution in [1.29, 1.82) is 0 Å². The molecule has 1 aliphatic carbocycles. The number of carbonyl (C=O) groups is 1. The van der Waals surface area contributed by atoms with Crippen molar-refractivity contribution in [3.8, 4) is 11.1 Å². The van der Waals surface area contributed by atoms with Gasteiger partial charge in [0, 0.05) is 5.02 Å². The minimum Gasteiger partial charge on any atom is -0.465 e. The summed E-state index contributed by atoms with van der Waals surface area (Å²) >= 11 is 19.1. The molecule has 0 bridgehead atoms. The lowest BCUT2D eigenvalue weighted by Gasteiger charge is -2.29. The van der Waals surface area contributed by atoms with Crippen LogP contribution in [-0.4, -0.2) is 13.1 Å². The van der Waals surface area contributed by atoms with Crippen molar-refractivity contribution in [2.45, 2.75) is 10.8 Å². The van der Waals surface area contributed by atoms with Crippen molar-refractivity contribution in [1.82, 2.24) is 0 Å². The van der Waals surface area contributed by atoms with Gasteiger partial charge in [0.15, 0.2) is 0 Å². The summed E-state index contributed by atoms with van der Waals surface area (Å²) in [7, 11) is 1.34. The number of ether oxygens (including phenoxy) is 1. The number of hydrogen-bond acceptors (Lipinski definition) is 2. The molecule has 3 rings (SSSR count). The molecule has 0 unspecified atom stereocenters. The van der Waals surface area contributed by atoms with Gasteiger partial charge in [0.05, 0.1) is 23.4 Å². The Balaban J connectivity index is 2.32. The molecule has 0 aliphatic heterocycles. The van der Waals surface area contributed by atoms with Crippen LogP contribution >= 0.6 is 34.8 Å². The predicted octanol–water partition coefficient (Wildman–Crippen LogP) is 5.37. The zero-order valence-corrected chi connectivity index (χ0v) is 13.3. The normalized spacial score (nSPS) is 19.6. The molecule has 2 aromatic rings. The van der Waals surface area contributed by atoms with Crippen LogP contribution in [-0.2, 0) is 4.74 Å². The molecule has 108 valence electrons. The maximum Gasteiger partial charge on any atom is 0.338 e. The van der Waals surface area contributed by atoms with Crippen molar-refractivity contribution in [3.63, 3.8) is 0 Å². The molecule has 1 aliphatic rings. The van der Waals surface area contributed by atoms with E-state index in [9.17, 15) is 4.79 Å². The molecule has 2 nitrogen and oxygen atoms in total. The van der Waals surface area contributed by atoms with Gasteiger partial charge >= 0.3 is 5.97 Å². The van der Waals surface area contributed by atoms with Gasteiger partial charge in [0.25, 0.3) is 0 Å². The molecular formula is C16H11Cl3O2. The monoisotopic (exact) mass is 340 g/mol. The second-order valence-electron chi connectivity index (χ2n) is 4.79. The summed E-state index contributed by atoms with van der Waals surface area (Å²) in [6, 6.07) is 10.9. The molecule has 5 heteroatoms. The van der Waals surface area contributed by atoms with Crippen LogP contribution in [0.2, 0.25) is 5.02 Å². The summed E-state index contributed by atoms with van der Waals surface area (Å²) < 4.78 is 4.83. The molecule has 0 aromatic heterocycles. The largest absolute Gasteiger partial charge is 0.465 e. The van der Waals surface area contributed by atoms with Gasteiger partial charge in [0.1, 0.15) is 0 Å². The third-order valence-electron chi connectivity index (χ3n) is 3.65. The van der Waals surface area contributed by atoms with Crippen molar-refractivity contribution in [2.75, 3.05) is 7.11 Å². The number of rotatable bonds is 1. The van der Waals surface area contributed by atoms with E-state index in [0.29, 0.717) is 16.1 Å². The fourth-order valence-corrected chi connectivity index (χ4v) is 3.55. The third-order valence-corrected chi connectivity index (χ3v) is 4.97. The quantitative estimate of drug-likeness (QED) is 0.515. The van der Waals surface area contributed by atoms with Gasteiger partial charge in [-0.05, 0) is 40.5 Å². The number of benzene rings is 2. The summed E-state index contributed by atoms with van der Waals surface area (Å²) in [6.07, 6.45) is 0. The Hall–Kier alpha value is -1.22. The van der Waals surface area contributed by atoms with E-state index in [1.807, 2.05) is 18.2 Å². The van der Waals surface area contributed by atoms with Crippen molar-refractivity contribution < 1.29 is 9.53 Å². The van der Waals surface area contributed by atoms with Crippen LogP contribution in [0.3, 0.4) is 0 Å². The first-order valence-corrected chi connectivity index (χ1v) is 7.59. The Morgan fingerprint density at radius 3 is 2.57 bits per heavy atom. The van der Waals surface area contributed by atoms with Gasteiger partial charge in [-0.1, -0.05) is 29.8 Å². The Bertz CT molecular complexity index is 727. The van der Waals surface area contributed by atoms with Crippen molar-refractivity contribution >= 4 is 40.8 Å². The Morgan fingerprint density at radius 2 is 1.86 bits per heavy atom. The van der Waals surface area contributed by atoms with Crippen molar-refractivity contribution in [2.24, 2.45) is 0 Å². The van der Waals surface area contributed by atoms with Gasteiger partial charge < -0.3 is 4.74 Å². The lowest BCUT2D eigenvalue weighted by molar-refractivity contribution is 0.0599. The lowest BCUT2D eigenvalue weighted by atomic mass is 9.82. The van der Waals surface area contributed by atoms with Crippen LogP contribution in [0.25, 0.3) is 11.1 Å². The first kappa shape index (κ1) is 14.7. The maximum atomic E-state index is 12.0. The summed E-state index contributed by atoms with van der Waals surface area (Å²) in [6.45, 7) is 0. The molecule has 0 saturated heterocycles. The molecule has 2 aromatic carbocycles. The average Bonchev–Trinajstić information content (AvgIpc) is 2.51. The standard InChI is InChI=1S/C16H11Cl3O2/c1-21-16(20)11-4-2-3-9-12-7-8(17)5-6-10(12)14(18)15(19)13(9)11/h2-7,14-15H,1H3/t14-,15+/m1/s1. The molecule has 0 amide bonds. The zero-order chi connectivity index (χ0) is 15.1. The predicted molar refractivity (Wildman–Crippen MR) is 85.4 cm³/mol. The van der Waals surface area contributed by atoms with E-state index < -0.39 is 16.7 Å². The van der Waals surface area contributed by atoms with Gasteiger partial charge in [-0.15, -0.1) is 23.2 Å². The highest BCUT2D eigenvalue weighted by atomic mass is 35.5. The summed E-state index contributed by atoms with van der Waals surface area (Å²) in [5.74, 6) is -0.424. The number of esters is 1. The first-order valence-electron chi connectivity index (χ1n) is 6.33. The van der Waals surface area contributed by atoms with E-state index in [-0.39, 0.29) is 0 Å². The minimum atomic E-state index is -0.509. The van der Waals surface area contributed by atoms with Gasteiger partial charge in [-0.2, -0.15) is 0 Å².